The number of nitrogens with two attached hydrogens (primary N) is 1. The molecule has 15 heteroatoms. The number of ether oxygens (including phenoxy) is 2. The molecule has 0 spiro atoms. The first-order valence-electron chi connectivity index (χ1n) is 18.5. The summed E-state index contributed by atoms with van der Waals surface area (Å²) in [5.74, 6) is -0.516. The number of amides is 1. The van der Waals surface area contributed by atoms with E-state index in [1.165, 1.54) is 31.0 Å². The van der Waals surface area contributed by atoms with Crippen LogP contribution in [-0.4, -0.2) is 87.4 Å². The predicted octanol–water partition coefficient (Wildman–Crippen LogP) is 6.50. The molecule has 5 aliphatic heterocycles. The lowest BCUT2D eigenvalue weighted by atomic mass is 9.95. The maximum absolute atomic E-state index is 17.1. The van der Waals surface area contributed by atoms with Gasteiger partial charge in [0.25, 0.3) is 0 Å². The third kappa shape index (κ3) is 5.44. The van der Waals surface area contributed by atoms with Crippen molar-refractivity contribution in [1.82, 2.24) is 25.1 Å². The van der Waals surface area contributed by atoms with E-state index in [4.69, 9.17) is 26.8 Å². The lowest BCUT2D eigenvalue weighted by Gasteiger charge is -2.39. The summed E-state index contributed by atoms with van der Waals surface area (Å²) in [4.78, 5) is 26.9. The SMILES string of the molecule is N#Cc1c(N)sc2c(F)ccc(-c3c(Cl)cc4c(O[C@H]5C[C@H]6CC[C@@H](C5)N6C(=O)[C@@H]5N[C@H]5C5CC5)nc(OC[C@@]56CCCN5C[C@H](F)C6)nc4c3F)c12. The van der Waals surface area contributed by atoms with Gasteiger partial charge in [-0.3, -0.25) is 15.0 Å². The third-order valence-electron chi connectivity index (χ3n) is 12.5. The van der Waals surface area contributed by atoms with Gasteiger partial charge in [-0.25, -0.2) is 13.2 Å². The van der Waals surface area contributed by atoms with Crippen LogP contribution >= 0.6 is 22.9 Å². The molecule has 2 aromatic carbocycles. The molecule has 10 rings (SSSR count). The second-order valence-electron chi connectivity index (χ2n) is 15.7. The van der Waals surface area contributed by atoms with Crippen LogP contribution in [0.25, 0.3) is 32.1 Å². The quantitative estimate of drug-likeness (QED) is 0.193. The third-order valence-corrected chi connectivity index (χ3v) is 13.8. The van der Waals surface area contributed by atoms with E-state index < -0.39 is 23.3 Å². The highest BCUT2D eigenvalue weighted by atomic mass is 35.5. The summed E-state index contributed by atoms with van der Waals surface area (Å²) in [5, 5.41) is 13.8. The number of hydrogen-bond acceptors (Lipinski definition) is 10. The number of piperidine rings is 1. The average molecular weight is 764 g/mol. The van der Waals surface area contributed by atoms with Crippen molar-refractivity contribution in [2.75, 3.05) is 25.4 Å². The van der Waals surface area contributed by atoms with E-state index >= 15 is 4.39 Å². The molecule has 7 atom stereocenters. The fourth-order valence-electron chi connectivity index (χ4n) is 9.85. The number of nitrogen functional groups attached to an aromatic ring is 1. The van der Waals surface area contributed by atoms with Crippen LogP contribution in [0, 0.1) is 28.9 Å². The number of carbonyl (C=O) groups is 1. The molecule has 6 aliphatic rings. The number of anilines is 1. The molecule has 1 saturated carbocycles. The highest BCUT2D eigenvalue weighted by Crippen LogP contribution is 2.48. The van der Waals surface area contributed by atoms with Crippen LogP contribution in [0.1, 0.15) is 63.4 Å². The Labute approximate surface area is 312 Å². The fraction of sp³-hybridized carbons (Fsp3) is 0.526. The monoisotopic (exact) mass is 763 g/mol. The first-order chi connectivity index (χ1) is 25.6. The second kappa shape index (κ2) is 12.3. The summed E-state index contributed by atoms with van der Waals surface area (Å²) in [6.45, 7) is 1.25. The van der Waals surface area contributed by atoms with Gasteiger partial charge < -0.3 is 20.1 Å². The number of benzene rings is 2. The molecule has 1 amide bonds. The van der Waals surface area contributed by atoms with E-state index in [1.807, 2.05) is 6.07 Å². The summed E-state index contributed by atoms with van der Waals surface area (Å²) >= 11 is 7.78. The Morgan fingerprint density at radius 3 is 2.74 bits per heavy atom. The van der Waals surface area contributed by atoms with Crippen LogP contribution in [-0.2, 0) is 4.79 Å². The Morgan fingerprint density at radius 2 is 1.98 bits per heavy atom. The molecule has 53 heavy (non-hydrogen) atoms. The highest BCUT2D eigenvalue weighted by Gasteiger charge is 2.55. The van der Waals surface area contributed by atoms with Crippen molar-refractivity contribution < 1.29 is 27.4 Å². The van der Waals surface area contributed by atoms with Gasteiger partial charge in [0.15, 0.2) is 5.82 Å². The molecule has 0 unspecified atom stereocenters. The maximum Gasteiger partial charge on any atom is 0.320 e. The van der Waals surface area contributed by atoms with Crippen molar-refractivity contribution >= 4 is 54.8 Å². The number of nitrogens with zero attached hydrogens (tertiary/aromatic N) is 5. The Hall–Kier alpha value is -3.90. The molecule has 276 valence electrons. The minimum absolute atomic E-state index is 0.0123. The zero-order valence-electron chi connectivity index (χ0n) is 28.7. The maximum atomic E-state index is 17.1. The van der Waals surface area contributed by atoms with Gasteiger partial charge in [-0.2, -0.15) is 15.2 Å². The van der Waals surface area contributed by atoms with Gasteiger partial charge in [0.1, 0.15) is 47.3 Å². The van der Waals surface area contributed by atoms with Crippen molar-refractivity contribution in [3.8, 4) is 29.1 Å². The minimum Gasteiger partial charge on any atom is -0.474 e. The second-order valence-corrected chi connectivity index (χ2v) is 17.2. The van der Waals surface area contributed by atoms with Gasteiger partial charge in [0.05, 0.1) is 26.2 Å². The molecule has 5 saturated heterocycles. The van der Waals surface area contributed by atoms with Crippen LogP contribution in [0.3, 0.4) is 0 Å². The summed E-state index contributed by atoms with van der Waals surface area (Å²) < 4.78 is 59.6. The summed E-state index contributed by atoms with van der Waals surface area (Å²) in [6.07, 6.45) is 6.08. The van der Waals surface area contributed by atoms with Gasteiger partial charge in [-0.1, -0.05) is 17.7 Å². The lowest BCUT2D eigenvalue weighted by Crippen LogP contribution is -2.51. The molecule has 0 radical (unpaired) electrons. The van der Waals surface area contributed by atoms with Crippen molar-refractivity contribution in [1.29, 1.82) is 5.26 Å². The number of rotatable bonds is 8. The fourth-order valence-corrected chi connectivity index (χ4v) is 11.1. The Bertz CT molecular complexity index is 2230. The van der Waals surface area contributed by atoms with Crippen molar-refractivity contribution in [2.45, 2.75) is 99.8 Å². The number of fused-ring (bicyclic) bond motifs is 5. The Kier molecular flexibility index (Phi) is 7.82. The van der Waals surface area contributed by atoms with E-state index in [-0.39, 0.29) is 96.3 Å². The Balaban J connectivity index is 1.02. The predicted molar refractivity (Wildman–Crippen MR) is 194 cm³/mol. The summed E-state index contributed by atoms with van der Waals surface area (Å²) in [5.41, 5.74) is 5.62. The number of hydrogen-bond donors (Lipinski definition) is 2. The Morgan fingerprint density at radius 1 is 1.19 bits per heavy atom. The molecule has 2 aromatic heterocycles. The molecule has 10 nitrogen and oxygen atoms in total. The van der Waals surface area contributed by atoms with Crippen molar-refractivity contribution in [3.63, 3.8) is 0 Å². The van der Waals surface area contributed by atoms with Crippen molar-refractivity contribution in [2.24, 2.45) is 5.92 Å². The van der Waals surface area contributed by atoms with E-state index in [1.54, 1.807) is 0 Å². The van der Waals surface area contributed by atoms with Crippen LogP contribution in [0.5, 0.6) is 11.9 Å². The minimum atomic E-state index is -0.960. The molecule has 4 aromatic rings. The van der Waals surface area contributed by atoms with Crippen LogP contribution < -0.4 is 20.5 Å². The number of halogens is 4. The zero-order valence-corrected chi connectivity index (χ0v) is 30.3. The molecular formula is C38H37ClF3N7O3S. The van der Waals surface area contributed by atoms with Gasteiger partial charge in [-0.05, 0) is 68.7 Å². The van der Waals surface area contributed by atoms with Crippen LogP contribution in [0.2, 0.25) is 5.02 Å². The van der Waals surface area contributed by atoms with E-state index in [0.717, 1.165) is 43.6 Å². The largest absolute Gasteiger partial charge is 0.474 e. The molecule has 6 fully saturated rings. The standard InChI is InChI=1S/C38H37ClF3N7O3S/c39-25-12-23-31(29(42)28(25)22-6-7-26(41)33-27(22)24(14-43)34(44)53-33)46-37(51-16-38-8-1-9-48(38)15-18(40)13-38)47-35(23)52-21-10-19-4-5-20(11-21)49(19)36(50)32-30(45-32)17-2-3-17/h6-7,12,17-21,30,32,45H,1-5,8-11,13,15-16,44H2/t18-,19-,20+,21+,30+,32-,38+/m1/s1. The van der Waals surface area contributed by atoms with Gasteiger partial charge >= 0.3 is 6.01 Å². The average Bonchev–Trinajstić information content (AvgIpc) is 4.01. The molecule has 3 N–H and O–H groups in total. The van der Waals surface area contributed by atoms with E-state index in [2.05, 4.69) is 25.1 Å². The number of thiophene rings is 1. The number of alkyl halides is 1. The number of aromatic nitrogens is 2. The summed E-state index contributed by atoms with van der Waals surface area (Å²) in [6, 6.07) is 6.28. The highest BCUT2D eigenvalue weighted by molar-refractivity contribution is 7.23. The van der Waals surface area contributed by atoms with Gasteiger partial charge in [0, 0.05) is 54.9 Å². The van der Waals surface area contributed by atoms with Crippen LogP contribution in [0.15, 0.2) is 18.2 Å². The van der Waals surface area contributed by atoms with Crippen molar-refractivity contribution in [3.05, 3.63) is 40.4 Å². The van der Waals surface area contributed by atoms with E-state index in [0.29, 0.717) is 37.8 Å². The van der Waals surface area contributed by atoms with Crippen LogP contribution in [0.4, 0.5) is 18.2 Å². The smallest absolute Gasteiger partial charge is 0.320 e. The van der Waals surface area contributed by atoms with Gasteiger partial charge in [-0.15, -0.1) is 11.3 Å². The van der Waals surface area contributed by atoms with E-state index in [9.17, 15) is 18.8 Å². The molecule has 1 aliphatic carbocycles. The number of carbonyl (C=O) groups excluding carboxylic acids is 1. The first kappa shape index (κ1) is 33.7. The lowest BCUT2D eigenvalue weighted by molar-refractivity contribution is -0.136. The van der Waals surface area contributed by atoms with Gasteiger partial charge in [0.2, 0.25) is 11.8 Å². The number of nitrogens with one attached hydrogen (secondary N) is 1. The molecular weight excluding hydrogens is 727 g/mol. The molecule has 2 bridgehead atoms. The normalized spacial score (nSPS) is 30.6. The molecule has 7 heterocycles. The topological polar surface area (TPSA) is 140 Å². The summed E-state index contributed by atoms with van der Waals surface area (Å²) in [7, 11) is 0. The number of nitriles is 1. The zero-order chi connectivity index (χ0) is 36.3. The first-order valence-corrected chi connectivity index (χ1v) is 19.7.